The number of piperazine rings is 1. The molecule has 6 nitrogen and oxygen atoms in total. The van der Waals surface area contributed by atoms with Crippen LogP contribution in [-0.2, 0) is 13.6 Å². The highest BCUT2D eigenvalue weighted by atomic mass is 15.6. The smallest absolute Gasteiger partial charge is 0.188 e. The summed E-state index contributed by atoms with van der Waals surface area (Å²) in [5.41, 5.74) is 0. The summed E-state index contributed by atoms with van der Waals surface area (Å²) in [7, 11) is 1.79. The van der Waals surface area contributed by atoms with Crippen molar-refractivity contribution in [1.29, 1.82) is 0 Å². The molecule has 1 saturated heterocycles. The Bertz CT molecular complexity index is 296. The zero-order valence-electron chi connectivity index (χ0n) is 8.64. The molecule has 1 fully saturated rings. The van der Waals surface area contributed by atoms with E-state index in [2.05, 4.69) is 32.6 Å². The van der Waals surface area contributed by atoms with Gasteiger partial charge in [-0.05, 0) is 12.1 Å². The van der Waals surface area contributed by atoms with Crippen LogP contribution in [-0.4, -0.2) is 50.8 Å². The van der Waals surface area contributed by atoms with Crippen molar-refractivity contribution < 1.29 is 0 Å². The SMILES string of the molecule is C[C@H]1CN(Cc2nnn(C)n2)CCN1. The first kappa shape index (κ1) is 9.54. The highest BCUT2D eigenvalue weighted by Gasteiger charge is 2.16. The molecule has 0 aliphatic carbocycles. The number of aromatic nitrogens is 4. The standard InChI is InChI=1S/C8H16N6/c1-7-5-14(4-3-9-7)6-8-10-12-13(2)11-8/h7,9H,3-6H2,1-2H3/t7-/m0/s1. The molecule has 0 spiro atoms. The normalized spacial score (nSPS) is 24.0. The third-order valence-electron chi connectivity index (χ3n) is 2.37. The summed E-state index contributed by atoms with van der Waals surface area (Å²) in [6.45, 7) is 6.15. The van der Waals surface area contributed by atoms with Gasteiger partial charge in [-0.3, -0.25) is 4.90 Å². The van der Waals surface area contributed by atoms with Crippen LogP contribution in [0, 0.1) is 0 Å². The highest BCUT2D eigenvalue weighted by Crippen LogP contribution is 2.02. The maximum Gasteiger partial charge on any atom is 0.188 e. The zero-order valence-corrected chi connectivity index (χ0v) is 8.64. The minimum absolute atomic E-state index is 0.556. The van der Waals surface area contributed by atoms with E-state index >= 15 is 0 Å². The number of rotatable bonds is 2. The Balaban J connectivity index is 1.90. The van der Waals surface area contributed by atoms with E-state index in [1.807, 2.05) is 0 Å². The Labute approximate surface area is 83.3 Å². The second kappa shape index (κ2) is 4.02. The number of nitrogens with zero attached hydrogens (tertiary/aromatic N) is 5. The molecule has 1 aromatic rings. The molecule has 1 N–H and O–H groups in total. The van der Waals surface area contributed by atoms with Gasteiger partial charge in [0.25, 0.3) is 0 Å². The van der Waals surface area contributed by atoms with E-state index in [0.29, 0.717) is 6.04 Å². The summed E-state index contributed by atoms with van der Waals surface area (Å²) >= 11 is 0. The van der Waals surface area contributed by atoms with Crippen LogP contribution in [0.5, 0.6) is 0 Å². The van der Waals surface area contributed by atoms with Gasteiger partial charge in [-0.2, -0.15) is 4.80 Å². The van der Waals surface area contributed by atoms with Gasteiger partial charge in [-0.15, -0.1) is 10.2 Å². The van der Waals surface area contributed by atoms with Crippen LogP contribution in [0.3, 0.4) is 0 Å². The molecular weight excluding hydrogens is 180 g/mol. The van der Waals surface area contributed by atoms with E-state index < -0.39 is 0 Å². The molecule has 0 aromatic carbocycles. The van der Waals surface area contributed by atoms with E-state index in [0.717, 1.165) is 32.0 Å². The molecular formula is C8H16N6. The summed E-state index contributed by atoms with van der Waals surface area (Å²) in [6.07, 6.45) is 0. The van der Waals surface area contributed by atoms with Gasteiger partial charge < -0.3 is 5.32 Å². The Morgan fingerprint density at radius 3 is 3.07 bits per heavy atom. The number of tetrazole rings is 1. The summed E-state index contributed by atoms with van der Waals surface area (Å²) in [5, 5.41) is 15.4. The van der Waals surface area contributed by atoms with Crippen molar-refractivity contribution in [2.75, 3.05) is 19.6 Å². The molecule has 1 aliphatic rings. The number of nitrogens with one attached hydrogen (secondary N) is 1. The van der Waals surface area contributed by atoms with Crippen molar-refractivity contribution in [2.45, 2.75) is 19.5 Å². The molecule has 1 atom stereocenters. The lowest BCUT2D eigenvalue weighted by molar-refractivity contribution is 0.195. The molecule has 0 amide bonds. The Hall–Kier alpha value is -1.01. The first-order chi connectivity index (χ1) is 6.74. The average molecular weight is 196 g/mol. The van der Waals surface area contributed by atoms with Crippen LogP contribution in [0.15, 0.2) is 0 Å². The molecule has 0 bridgehead atoms. The summed E-state index contributed by atoms with van der Waals surface area (Å²) < 4.78 is 0. The van der Waals surface area contributed by atoms with Crippen molar-refractivity contribution in [1.82, 2.24) is 30.4 Å². The van der Waals surface area contributed by atoms with E-state index in [-0.39, 0.29) is 0 Å². The second-order valence-corrected chi connectivity index (χ2v) is 3.79. The van der Waals surface area contributed by atoms with E-state index in [1.54, 1.807) is 7.05 Å². The van der Waals surface area contributed by atoms with Gasteiger partial charge in [0, 0.05) is 25.7 Å². The lowest BCUT2D eigenvalue weighted by Crippen LogP contribution is -2.48. The Morgan fingerprint density at radius 2 is 2.43 bits per heavy atom. The van der Waals surface area contributed by atoms with Gasteiger partial charge in [0.05, 0.1) is 13.6 Å². The van der Waals surface area contributed by atoms with E-state index in [9.17, 15) is 0 Å². The molecule has 2 rings (SSSR count). The fourth-order valence-corrected chi connectivity index (χ4v) is 1.74. The van der Waals surface area contributed by atoms with Gasteiger partial charge in [0.1, 0.15) is 0 Å². The van der Waals surface area contributed by atoms with Crippen LogP contribution in [0.4, 0.5) is 0 Å². The van der Waals surface area contributed by atoms with Gasteiger partial charge in [-0.1, -0.05) is 0 Å². The number of hydrogen-bond donors (Lipinski definition) is 1. The van der Waals surface area contributed by atoms with Crippen molar-refractivity contribution in [3.05, 3.63) is 5.82 Å². The largest absolute Gasteiger partial charge is 0.312 e. The molecule has 0 unspecified atom stereocenters. The maximum absolute atomic E-state index is 4.16. The van der Waals surface area contributed by atoms with Crippen LogP contribution in [0.1, 0.15) is 12.7 Å². The molecule has 1 aromatic heterocycles. The molecule has 1 aliphatic heterocycles. The fraction of sp³-hybridized carbons (Fsp3) is 0.875. The van der Waals surface area contributed by atoms with Crippen LogP contribution in [0.2, 0.25) is 0 Å². The number of hydrogen-bond acceptors (Lipinski definition) is 5. The summed E-state index contributed by atoms with van der Waals surface area (Å²) in [5.74, 6) is 0.807. The quantitative estimate of drug-likeness (QED) is 0.657. The lowest BCUT2D eigenvalue weighted by atomic mass is 10.2. The van der Waals surface area contributed by atoms with Crippen molar-refractivity contribution in [3.63, 3.8) is 0 Å². The Morgan fingerprint density at radius 1 is 1.57 bits per heavy atom. The van der Waals surface area contributed by atoms with Gasteiger partial charge >= 0.3 is 0 Å². The summed E-state index contributed by atoms with van der Waals surface area (Å²) in [4.78, 5) is 3.85. The third-order valence-corrected chi connectivity index (χ3v) is 2.37. The van der Waals surface area contributed by atoms with Gasteiger partial charge in [-0.25, -0.2) is 0 Å². The van der Waals surface area contributed by atoms with Crippen molar-refractivity contribution >= 4 is 0 Å². The zero-order chi connectivity index (χ0) is 9.97. The fourth-order valence-electron chi connectivity index (χ4n) is 1.74. The predicted molar refractivity (Wildman–Crippen MR) is 51.5 cm³/mol. The topological polar surface area (TPSA) is 58.9 Å². The molecule has 14 heavy (non-hydrogen) atoms. The van der Waals surface area contributed by atoms with Crippen LogP contribution >= 0.6 is 0 Å². The monoisotopic (exact) mass is 196 g/mol. The Kier molecular flexibility index (Phi) is 2.74. The first-order valence-electron chi connectivity index (χ1n) is 4.92. The minimum Gasteiger partial charge on any atom is -0.312 e. The first-order valence-corrected chi connectivity index (χ1v) is 4.92. The van der Waals surface area contributed by atoms with E-state index in [1.165, 1.54) is 4.80 Å². The lowest BCUT2D eigenvalue weighted by Gasteiger charge is -2.30. The van der Waals surface area contributed by atoms with Gasteiger partial charge in [0.15, 0.2) is 5.82 Å². The van der Waals surface area contributed by atoms with Crippen LogP contribution in [0.25, 0.3) is 0 Å². The molecule has 78 valence electrons. The van der Waals surface area contributed by atoms with Crippen molar-refractivity contribution in [3.8, 4) is 0 Å². The molecule has 2 heterocycles. The van der Waals surface area contributed by atoms with E-state index in [4.69, 9.17) is 0 Å². The average Bonchev–Trinajstić information content (AvgIpc) is 2.51. The van der Waals surface area contributed by atoms with Gasteiger partial charge in [0.2, 0.25) is 0 Å². The molecule has 0 radical (unpaired) electrons. The number of aryl methyl sites for hydroxylation is 1. The predicted octanol–water partition coefficient (Wildman–Crippen LogP) is -0.996. The molecule has 6 heteroatoms. The summed E-state index contributed by atoms with van der Waals surface area (Å²) in [6, 6.07) is 0.556. The third kappa shape index (κ3) is 2.27. The van der Waals surface area contributed by atoms with Crippen molar-refractivity contribution in [2.24, 2.45) is 7.05 Å². The minimum atomic E-state index is 0.556. The highest BCUT2D eigenvalue weighted by molar-refractivity contribution is 4.81. The maximum atomic E-state index is 4.16. The molecule has 0 saturated carbocycles. The van der Waals surface area contributed by atoms with Crippen LogP contribution < -0.4 is 5.32 Å². The second-order valence-electron chi connectivity index (χ2n) is 3.79.